The largest absolute Gasteiger partial charge is 0.573 e. The highest BCUT2D eigenvalue weighted by Crippen LogP contribution is 2.40. The van der Waals surface area contributed by atoms with E-state index in [0.717, 1.165) is 42.6 Å². The number of alkyl halides is 6. The third-order valence-electron chi connectivity index (χ3n) is 11.5. The average molecular weight is 922 g/mol. The second-order valence-electron chi connectivity index (χ2n) is 15.7. The Hall–Kier alpha value is -8.10. The minimum Gasteiger partial charge on any atom is -0.473 e. The number of para-hydroxylation sites is 1. The summed E-state index contributed by atoms with van der Waals surface area (Å²) in [5, 5.41) is 14.0. The number of rotatable bonds is 13. The number of pyridine rings is 2. The van der Waals surface area contributed by atoms with Crippen molar-refractivity contribution in [2.45, 2.75) is 45.8 Å². The van der Waals surface area contributed by atoms with Crippen LogP contribution < -0.4 is 25.0 Å². The van der Waals surface area contributed by atoms with Gasteiger partial charge < -0.3 is 25.0 Å². The molecule has 0 unspecified atom stereocenters. The molecule has 8 aromatic rings. The molecular weight excluding hydrogens is 885 g/mol. The molecule has 21 heteroatoms. The lowest BCUT2D eigenvalue weighted by atomic mass is 9.75. The molecule has 15 nitrogen and oxygen atoms in total. The standard InChI is InChI=1S/C46H37F6N11O4/c1-3-44(4-2)25-61(26-44)38-17-9-15-36(56-38)59-43(65)34-23-53-40-27(21-33(60-63(34)40)28-11-5-7-13-31(28)45(47,48)49)24-66-39-18-10-16-37(57-39)58-42(64)30-22-54-62-20-19-32(55-41(30)62)29-12-6-8-14-35(29)67-46(50,51)52/h5-23H,3-4,24-26H2,1-2H3,(H,56,59,65)(H,57,58,64). The summed E-state index contributed by atoms with van der Waals surface area (Å²) in [7, 11) is 0. The minimum atomic E-state index is -4.96. The Bertz CT molecular complexity index is 3160. The van der Waals surface area contributed by atoms with Gasteiger partial charge in [0.2, 0.25) is 5.88 Å². The first-order valence-corrected chi connectivity index (χ1v) is 20.8. The molecule has 0 spiro atoms. The number of benzene rings is 2. The molecule has 6 aromatic heterocycles. The van der Waals surface area contributed by atoms with Crippen molar-refractivity contribution in [1.29, 1.82) is 0 Å². The van der Waals surface area contributed by atoms with Crippen LogP contribution in [0.3, 0.4) is 0 Å². The predicted molar refractivity (Wildman–Crippen MR) is 232 cm³/mol. The molecule has 7 heterocycles. The number of nitrogens with zero attached hydrogens (tertiary/aromatic N) is 9. The fraction of sp³-hybridized carbons (Fsp3) is 0.217. The third-order valence-corrected chi connectivity index (χ3v) is 11.5. The Balaban J connectivity index is 0.973. The number of carbonyl (C=O) groups is 2. The predicted octanol–water partition coefficient (Wildman–Crippen LogP) is 9.52. The van der Waals surface area contributed by atoms with Crippen LogP contribution in [0.25, 0.3) is 33.8 Å². The van der Waals surface area contributed by atoms with Crippen LogP contribution in [0.2, 0.25) is 0 Å². The summed E-state index contributed by atoms with van der Waals surface area (Å²) < 4.78 is 95.0. The van der Waals surface area contributed by atoms with E-state index in [4.69, 9.17) is 4.74 Å². The van der Waals surface area contributed by atoms with Crippen molar-refractivity contribution in [3.8, 4) is 34.1 Å². The smallest absolute Gasteiger partial charge is 0.473 e. The van der Waals surface area contributed by atoms with Gasteiger partial charge in [-0.05, 0) is 61.4 Å². The number of halogens is 6. The number of carbonyl (C=O) groups excluding carboxylic acids is 2. The molecule has 67 heavy (non-hydrogen) atoms. The number of fused-ring (bicyclic) bond motifs is 2. The SMILES string of the molecule is CCC1(CC)CN(c2cccc(NC(=O)c3cnc4c(COc5cccc(NC(=O)c6cnn7ccc(-c8ccccc8OC(F)(F)F)nc67)n5)cc(-c5ccccc5C(F)(F)F)nn34)n2)C1. The van der Waals surface area contributed by atoms with E-state index in [-0.39, 0.29) is 80.2 Å². The number of ether oxygens (including phenoxy) is 2. The molecule has 1 aliphatic rings. The molecule has 2 amide bonds. The quantitative estimate of drug-likeness (QED) is 0.106. The lowest BCUT2D eigenvalue weighted by Gasteiger charge is -2.50. The number of amides is 2. The summed E-state index contributed by atoms with van der Waals surface area (Å²) in [6, 6.07) is 22.9. The maximum Gasteiger partial charge on any atom is 0.573 e. The summed E-state index contributed by atoms with van der Waals surface area (Å²) >= 11 is 0. The normalized spacial score (nSPS) is 13.6. The fourth-order valence-electron chi connectivity index (χ4n) is 7.82. The number of hydrogen-bond acceptors (Lipinski definition) is 11. The first kappa shape index (κ1) is 44.1. The van der Waals surface area contributed by atoms with Crippen molar-refractivity contribution in [2.24, 2.45) is 5.41 Å². The van der Waals surface area contributed by atoms with Crippen LogP contribution in [0.1, 0.15) is 58.7 Å². The summed E-state index contributed by atoms with van der Waals surface area (Å²) in [5.41, 5.74) is -0.793. The first-order chi connectivity index (χ1) is 32.1. The van der Waals surface area contributed by atoms with Crippen LogP contribution in [-0.4, -0.2) is 70.4 Å². The molecule has 1 saturated heterocycles. The van der Waals surface area contributed by atoms with Gasteiger partial charge in [0, 0.05) is 47.5 Å². The van der Waals surface area contributed by atoms with Crippen LogP contribution in [0.5, 0.6) is 11.6 Å². The van der Waals surface area contributed by atoms with Gasteiger partial charge in [0.05, 0.1) is 29.3 Å². The lowest BCUT2D eigenvalue weighted by molar-refractivity contribution is -0.274. The Labute approximate surface area is 376 Å². The fourth-order valence-corrected chi connectivity index (χ4v) is 7.82. The molecule has 0 atom stereocenters. The van der Waals surface area contributed by atoms with Crippen molar-refractivity contribution >= 4 is 40.6 Å². The van der Waals surface area contributed by atoms with Gasteiger partial charge in [-0.1, -0.05) is 56.3 Å². The molecular formula is C46H37F6N11O4. The highest BCUT2D eigenvalue weighted by atomic mass is 19.4. The van der Waals surface area contributed by atoms with Crippen molar-refractivity contribution in [3.05, 3.63) is 138 Å². The second kappa shape index (κ2) is 17.4. The zero-order chi connectivity index (χ0) is 47.1. The van der Waals surface area contributed by atoms with Gasteiger partial charge in [-0.3, -0.25) is 9.59 Å². The maximum atomic E-state index is 14.3. The highest BCUT2D eigenvalue weighted by Gasteiger charge is 2.40. The molecule has 0 aliphatic carbocycles. The van der Waals surface area contributed by atoms with E-state index in [9.17, 15) is 35.9 Å². The van der Waals surface area contributed by atoms with Gasteiger partial charge in [-0.2, -0.15) is 28.4 Å². The summed E-state index contributed by atoms with van der Waals surface area (Å²) in [6.07, 6.45) is -3.73. The Morgan fingerprint density at radius 3 is 2.19 bits per heavy atom. The van der Waals surface area contributed by atoms with E-state index in [1.54, 1.807) is 12.1 Å². The summed E-state index contributed by atoms with van der Waals surface area (Å²) in [5.74, 6) is -0.916. The summed E-state index contributed by atoms with van der Waals surface area (Å²) in [6.45, 7) is 5.66. The van der Waals surface area contributed by atoms with E-state index in [0.29, 0.717) is 5.82 Å². The van der Waals surface area contributed by atoms with Gasteiger partial charge in [-0.15, -0.1) is 13.2 Å². The van der Waals surface area contributed by atoms with Gasteiger partial charge >= 0.3 is 12.5 Å². The first-order valence-electron chi connectivity index (χ1n) is 20.8. The molecule has 1 aliphatic heterocycles. The molecule has 1 fully saturated rings. The maximum absolute atomic E-state index is 14.3. The molecule has 0 saturated carbocycles. The van der Waals surface area contributed by atoms with Crippen molar-refractivity contribution in [1.82, 2.24) is 39.2 Å². The molecule has 342 valence electrons. The Morgan fingerprint density at radius 2 is 1.45 bits per heavy atom. The van der Waals surface area contributed by atoms with E-state index >= 15 is 0 Å². The van der Waals surface area contributed by atoms with Gasteiger partial charge in [0.15, 0.2) is 17.0 Å². The number of imidazole rings is 1. The molecule has 2 N–H and O–H groups in total. The average Bonchev–Trinajstić information content (AvgIpc) is 3.93. The Morgan fingerprint density at radius 1 is 0.746 bits per heavy atom. The lowest BCUT2D eigenvalue weighted by Crippen LogP contribution is -2.56. The van der Waals surface area contributed by atoms with Crippen molar-refractivity contribution in [3.63, 3.8) is 0 Å². The van der Waals surface area contributed by atoms with Gasteiger partial charge in [0.1, 0.15) is 35.4 Å². The Kier molecular flexibility index (Phi) is 11.4. The van der Waals surface area contributed by atoms with Crippen LogP contribution >= 0.6 is 0 Å². The van der Waals surface area contributed by atoms with Crippen LogP contribution in [0, 0.1) is 5.41 Å². The third kappa shape index (κ3) is 9.11. The highest BCUT2D eigenvalue weighted by molar-refractivity contribution is 6.08. The molecule has 0 radical (unpaired) electrons. The zero-order valence-electron chi connectivity index (χ0n) is 35.4. The van der Waals surface area contributed by atoms with Crippen LogP contribution in [0.15, 0.2) is 116 Å². The second-order valence-corrected chi connectivity index (χ2v) is 15.7. The van der Waals surface area contributed by atoms with E-state index in [2.05, 4.69) is 64.3 Å². The monoisotopic (exact) mass is 921 g/mol. The van der Waals surface area contributed by atoms with Crippen LogP contribution in [0.4, 0.5) is 43.8 Å². The zero-order valence-corrected chi connectivity index (χ0v) is 35.4. The van der Waals surface area contributed by atoms with E-state index < -0.39 is 35.7 Å². The number of aromatic nitrogens is 8. The topological polar surface area (TPSA) is 166 Å². The molecule has 9 rings (SSSR count). The molecule has 2 aromatic carbocycles. The number of anilines is 3. The van der Waals surface area contributed by atoms with Crippen molar-refractivity contribution < 1.29 is 45.4 Å². The van der Waals surface area contributed by atoms with E-state index in [1.165, 1.54) is 89.8 Å². The minimum absolute atomic E-state index is 0.0145. The van der Waals surface area contributed by atoms with Crippen molar-refractivity contribution in [2.75, 3.05) is 28.6 Å². The summed E-state index contributed by atoms with van der Waals surface area (Å²) in [4.78, 5) is 47.4. The van der Waals surface area contributed by atoms with Gasteiger partial charge in [0.25, 0.3) is 11.8 Å². The number of hydrogen-bond donors (Lipinski definition) is 2. The molecule has 0 bridgehead atoms. The number of nitrogens with one attached hydrogen (secondary N) is 2. The van der Waals surface area contributed by atoms with E-state index in [1.807, 2.05) is 6.07 Å². The van der Waals surface area contributed by atoms with Crippen LogP contribution in [-0.2, 0) is 12.8 Å². The van der Waals surface area contributed by atoms with Gasteiger partial charge in [-0.25, -0.2) is 24.0 Å².